The van der Waals surface area contributed by atoms with Gasteiger partial charge in [-0.25, -0.2) is 0 Å². The van der Waals surface area contributed by atoms with Crippen molar-refractivity contribution in [3.63, 3.8) is 0 Å². The van der Waals surface area contributed by atoms with Crippen LogP contribution in [-0.4, -0.2) is 33.4 Å². The number of rotatable bonds is 4. The number of nitrogens with zero attached hydrogens (tertiary/aromatic N) is 1. The number of methoxy groups -OCH3 is 1. The molecule has 0 radical (unpaired) electrons. The molecule has 2 aromatic rings. The van der Waals surface area contributed by atoms with Gasteiger partial charge in [0.05, 0.1) is 22.6 Å². The number of thioether (sulfide) groups is 1. The van der Waals surface area contributed by atoms with E-state index in [2.05, 4.69) is 5.43 Å². The zero-order valence-electron chi connectivity index (χ0n) is 14.2. The molecule has 2 amide bonds. The van der Waals surface area contributed by atoms with Crippen molar-refractivity contribution in [3.8, 4) is 11.5 Å². The monoisotopic (exact) mass is 454 g/mol. The average Bonchev–Trinajstić information content (AvgIpc) is 2.90. The molecule has 0 aliphatic carbocycles. The van der Waals surface area contributed by atoms with Crippen molar-refractivity contribution in [2.75, 3.05) is 7.11 Å². The summed E-state index contributed by atoms with van der Waals surface area (Å²) in [5.41, 5.74) is 3.24. The molecule has 2 N–H and O–H groups in total. The van der Waals surface area contributed by atoms with Gasteiger partial charge < -0.3 is 9.84 Å². The van der Waals surface area contributed by atoms with Crippen LogP contribution in [0.3, 0.4) is 0 Å². The van der Waals surface area contributed by atoms with Crippen molar-refractivity contribution in [1.82, 2.24) is 10.4 Å². The number of phenols is 1. The molecule has 3 rings (SSSR count). The molecule has 6 nitrogen and oxygen atoms in total. The third-order valence-electron chi connectivity index (χ3n) is 3.68. The number of ether oxygens (including phenoxy) is 1. The fourth-order valence-electron chi connectivity index (χ4n) is 2.33. The number of carbonyl (C=O) groups is 2. The van der Waals surface area contributed by atoms with Crippen LogP contribution in [0.1, 0.15) is 15.9 Å². The summed E-state index contributed by atoms with van der Waals surface area (Å²) >= 11 is 18.1. The first-order valence-electron chi connectivity index (χ1n) is 7.71. The molecule has 0 saturated carbocycles. The quantitative estimate of drug-likeness (QED) is 0.530. The number of halogens is 2. The van der Waals surface area contributed by atoms with Crippen LogP contribution in [0.5, 0.6) is 11.5 Å². The smallest absolute Gasteiger partial charge is 0.285 e. The van der Waals surface area contributed by atoms with Gasteiger partial charge >= 0.3 is 0 Å². The Morgan fingerprint density at radius 3 is 2.71 bits per heavy atom. The first kappa shape index (κ1) is 20.5. The highest BCUT2D eigenvalue weighted by atomic mass is 35.5. The maximum atomic E-state index is 12.6. The second kappa shape index (κ2) is 8.40. The largest absolute Gasteiger partial charge is 0.504 e. The number of hydrazine groups is 1. The molecule has 1 heterocycles. The molecule has 144 valence electrons. The predicted octanol–water partition coefficient (Wildman–Crippen LogP) is 4.25. The Morgan fingerprint density at radius 2 is 2.04 bits per heavy atom. The van der Waals surface area contributed by atoms with E-state index < -0.39 is 11.8 Å². The molecule has 0 atom stereocenters. The molecule has 1 fully saturated rings. The van der Waals surface area contributed by atoms with Crippen LogP contribution < -0.4 is 10.2 Å². The van der Waals surface area contributed by atoms with Gasteiger partial charge in [0.2, 0.25) is 0 Å². The maximum absolute atomic E-state index is 12.6. The summed E-state index contributed by atoms with van der Waals surface area (Å²) in [5, 5.41) is 11.2. The van der Waals surface area contributed by atoms with Crippen LogP contribution in [-0.2, 0) is 4.79 Å². The van der Waals surface area contributed by atoms with E-state index >= 15 is 0 Å². The molecule has 2 aromatic carbocycles. The third kappa shape index (κ3) is 4.25. The molecule has 1 aliphatic rings. The normalized spacial score (nSPS) is 15.2. The standard InChI is InChI=1S/C18H12Cl2N2O4S2/c1-26-14-6-9(2-5-13(14)23)7-15-17(25)22(18(27)28-15)21-16(24)11-4-3-10(19)8-12(11)20/h2-8,23H,1H3,(H,21,24)/b15-7-. The van der Waals surface area contributed by atoms with Crippen molar-refractivity contribution in [3.05, 3.63) is 62.5 Å². The van der Waals surface area contributed by atoms with Crippen molar-refractivity contribution >= 4 is 69.4 Å². The van der Waals surface area contributed by atoms with Gasteiger partial charge in [0.15, 0.2) is 15.8 Å². The van der Waals surface area contributed by atoms with E-state index in [1.165, 1.54) is 31.4 Å². The summed E-state index contributed by atoms with van der Waals surface area (Å²) in [6.45, 7) is 0. The first-order chi connectivity index (χ1) is 13.3. The van der Waals surface area contributed by atoms with E-state index in [1.54, 1.807) is 18.2 Å². The summed E-state index contributed by atoms with van der Waals surface area (Å²) in [6, 6.07) is 9.06. The Morgan fingerprint density at radius 1 is 1.29 bits per heavy atom. The Balaban J connectivity index is 1.81. The molecule has 0 aromatic heterocycles. The molecule has 1 aliphatic heterocycles. The number of benzene rings is 2. The van der Waals surface area contributed by atoms with Crippen molar-refractivity contribution in [1.29, 1.82) is 0 Å². The Bertz CT molecular complexity index is 1030. The van der Waals surface area contributed by atoms with Crippen LogP contribution >= 0.6 is 47.2 Å². The minimum atomic E-state index is -0.592. The van der Waals surface area contributed by atoms with Gasteiger partial charge in [-0.2, -0.15) is 5.01 Å². The highest BCUT2D eigenvalue weighted by Crippen LogP contribution is 2.33. The van der Waals surface area contributed by atoms with E-state index in [1.807, 2.05) is 0 Å². The predicted molar refractivity (Wildman–Crippen MR) is 114 cm³/mol. The zero-order chi connectivity index (χ0) is 20.4. The van der Waals surface area contributed by atoms with E-state index in [4.69, 9.17) is 40.2 Å². The van der Waals surface area contributed by atoms with Gasteiger partial charge in [-0.3, -0.25) is 15.0 Å². The van der Waals surface area contributed by atoms with Gasteiger partial charge in [0.1, 0.15) is 0 Å². The number of amides is 2. The lowest BCUT2D eigenvalue weighted by molar-refractivity contribution is -0.123. The fraction of sp³-hybridized carbons (Fsp3) is 0.0556. The summed E-state index contributed by atoms with van der Waals surface area (Å²) in [5.74, 6) is -0.819. The number of hydrogen-bond donors (Lipinski definition) is 2. The van der Waals surface area contributed by atoms with Crippen molar-refractivity contribution < 1.29 is 19.4 Å². The SMILES string of the molecule is COc1cc(/C=C2\SC(=S)N(NC(=O)c3ccc(Cl)cc3Cl)C2=O)ccc1O. The topological polar surface area (TPSA) is 78.9 Å². The molecule has 28 heavy (non-hydrogen) atoms. The van der Waals surface area contributed by atoms with Crippen LogP contribution in [0.2, 0.25) is 10.0 Å². The van der Waals surface area contributed by atoms with Gasteiger partial charge in [0.25, 0.3) is 11.8 Å². The van der Waals surface area contributed by atoms with Gasteiger partial charge in [-0.05, 0) is 54.2 Å². The average molecular weight is 455 g/mol. The molecule has 0 unspecified atom stereocenters. The lowest BCUT2D eigenvalue weighted by Gasteiger charge is -2.16. The van der Waals surface area contributed by atoms with Crippen molar-refractivity contribution in [2.45, 2.75) is 0 Å². The Kier molecular flexibility index (Phi) is 6.14. The van der Waals surface area contributed by atoms with Gasteiger partial charge in [-0.1, -0.05) is 41.0 Å². The zero-order valence-corrected chi connectivity index (χ0v) is 17.4. The number of thiocarbonyl (C=S) groups is 1. The number of nitrogens with one attached hydrogen (secondary N) is 1. The summed E-state index contributed by atoms with van der Waals surface area (Å²) in [6.07, 6.45) is 1.59. The maximum Gasteiger partial charge on any atom is 0.285 e. The summed E-state index contributed by atoms with van der Waals surface area (Å²) < 4.78 is 5.22. The fourth-order valence-corrected chi connectivity index (χ4v) is 4.01. The Hall–Kier alpha value is -2.26. The minimum Gasteiger partial charge on any atom is -0.504 e. The summed E-state index contributed by atoms with van der Waals surface area (Å²) in [4.78, 5) is 25.4. The molecule has 10 heteroatoms. The molecule has 0 spiro atoms. The highest BCUT2D eigenvalue weighted by Gasteiger charge is 2.34. The van der Waals surface area contributed by atoms with Gasteiger partial charge in [-0.15, -0.1) is 0 Å². The lowest BCUT2D eigenvalue weighted by atomic mass is 10.2. The number of carbonyl (C=O) groups excluding carboxylic acids is 2. The molecule has 1 saturated heterocycles. The lowest BCUT2D eigenvalue weighted by Crippen LogP contribution is -2.44. The van der Waals surface area contributed by atoms with Crippen LogP contribution in [0.4, 0.5) is 0 Å². The second-order valence-electron chi connectivity index (χ2n) is 5.51. The highest BCUT2D eigenvalue weighted by molar-refractivity contribution is 8.26. The summed E-state index contributed by atoms with van der Waals surface area (Å²) in [7, 11) is 1.43. The van der Waals surface area contributed by atoms with E-state index in [-0.39, 0.29) is 26.4 Å². The third-order valence-corrected chi connectivity index (χ3v) is 5.53. The second-order valence-corrected chi connectivity index (χ2v) is 8.03. The number of hydrogen-bond acceptors (Lipinski definition) is 6. The van der Waals surface area contributed by atoms with Crippen LogP contribution in [0.15, 0.2) is 41.3 Å². The molecular weight excluding hydrogens is 443 g/mol. The molecule has 0 bridgehead atoms. The molecular formula is C18H12Cl2N2O4S2. The number of phenolic OH excluding ortho intramolecular Hbond substituents is 1. The Labute approximate surface area is 180 Å². The van der Waals surface area contributed by atoms with E-state index in [0.717, 1.165) is 16.8 Å². The van der Waals surface area contributed by atoms with E-state index in [0.29, 0.717) is 15.5 Å². The number of aromatic hydroxyl groups is 1. The van der Waals surface area contributed by atoms with Crippen LogP contribution in [0, 0.1) is 0 Å². The van der Waals surface area contributed by atoms with Gasteiger partial charge in [0, 0.05) is 5.02 Å². The van der Waals surface area contributed by atoms with E-state index in [9.17, 15) is 14.7 Å². The van der Waals surface area contributed by atoms with Crippen molar-refractivity contribution in [2.24, 2.45) is 0 Å². The first-order valence-corrected chi connectivity index (χ1v) is 9.69. The van der Waals surface area contributed by atoms with Crippen LogP contribution in [0.25, 0.3) is 6.08 Å². The minimum absolute atomic E-state index is 0.0145.